The summed E-state index contributed by atoms with van der Waals surface area (Å²) in [7, 11) is 2.70. The maximum absolute atomic E-state index is 12.3. The molecule has 1 fully saturated rings. The third kappa shape index (κ3) is 4.24. The summed E-state index contributed by atoms with van der Waals surface area (Å²) in [5.41, 5.74) is 0.876. The zero-order valence-electron chi connectivity index (χ0n) is 13.6. The molecule has 0 atom stereocenters. The molecule has 0 saturated carbocycles. The van der Waals surface area contributed by atoms with Crippen LogP contribution in [0.15, 0.2) is 23.9 Å². The number of methoxy groups -OCH3 is 2. The molecule has 25 heavy (non-hydrogen) atoms. The fourth-order valence-corrected chi connectivity index (χ4v) is 2.34. The first-order valence-electron chi connectivity index (χ1n) is 7.09. The monoisotopic (exact) mass is 361 g/mol. The Balaban J connectivity index is 2.23. The van der Waals surface area contributed by atoms with Gasteiger partial charge in [-0.1, -0.05) is 6.07 Å². The number of nitrogens with zero attached hydrogens (tertiary/aromatic N) is 2. The SMILES string of the molecule is COC(=O)CN1C(=O)/C(=C/c2ccc(OCC#N)c(OC)c2)NC1=S. The second-order valence-electron chi connectivity index (χ2n) is 4.81. The Morgan fingerprint density at radius 1 is 1.40 bits per heavy atom. The van der Waals surface area contributed by atoms with Crippen molar-refractivity contribution in [3.8, 4) is 17.6 Å². The van der Waals surface area contributed by atoms with Gasteiger partial charge in [-0.05, 0) is 36.0 Å². The van der Waals surface area contributed by atoms with Crippen LogP contribution >= 0.6 is 12.2 Å². The van der Waals surface area contributed by atoms with Gasteiger partial charge in [-0.25, -0.2) is 0 Å². The molecule has 0 radical (unpaired) electrons. The molecular formula is C16H15N3O5S. The van der Waals surface area contributed by atoms with Gasteiger partial charge >= 0.3 is 5.97 Å². The van der Waals surface area contributed by atoms with Gasteiger partial charge in [0.15, 0.2) is 23.2 Å². The minimum Gasteiger partial charge on any atom is -0.493 e. The topological polar surface area (TPSA) is 101 Å². The van der Waals surface area contributed by atoms with E-state index in [-0.39, 0.29) is 24.0 Å². The lowest BCUT2D eigenvalue weighted by atomic mass is 10.1. The predicted molar refractivity (Wildman–Crippen MR) is 91.5 cm³/mol. The molecule has 0 spiro atoms. The van der Waals surface area contributed by atoms with E-state index in [2.05, 4.69) is 10.1 Å². The predicted octanol–water partition coefficient (Wildman–Crippen LogP) is 0.828. The molecule has 1 saturated heterocycles. The number of hydrogen-bond acceptors (Lipinski definition) is 7. The summed E-state index contributed by atoms with van der Waals surface area (Å²) in [6.07, 6.45) is 1.57. The highest BCUT2D eigenvalue weighted by molar-refractivity contribution is 7.80. The molecule has 8 nitrogen and oxygen atoms in total. The van der Waals surface area contributed by atoms with Crippen molar-refractivity contribution in [1.29, 1.82) is 5.26 Å². The van der Waals surface area contributed by atoms with Crippen molar-refractivity contribution in [2.75, 3.05) is 27.4 Å². The second-order valence-corrected chi connectivity index (χ2v) is 5.20. The van der Waals surface area contributed by atoms with Crippen LogP contribution in [0.2, 0.25) is 0 Å². The number of rotatable bonds is 6. The van der Waals surface area contributed by atoms with E-state index in [4.69, 9.17) is 27.0 Å². The minimum absolute atomic E-state index is 0.104. The summed E-state index contributed by atoms with van der Waals surface area (Å²) < 4.78 is 15.0. The molecule has 1 aromatic rings. The Bertz CT molecular complexity index is 784. The average molecular weight is 361 g/mol. The Hall–Kier alpha value is -3.12. The highest BCUT2D eigenvalue weighted by Gasteiger charge is 2.32. The summed E-state index contributed by atoms with van der Waals surface area (Å²) in [6, 6.07) is 6.86. The maximum atomic E-state index is 12.3. The van der Waals surface area contributed by atoms with E-state index >= 15 is 0 Å². The molecule has 2 rings (SSSR count). The number of nitriles is 1. The van der Waals surface area contributed by atoms with Crippen LogP contribution in [-0.2, 0) is 14.3 Å². The molecule has 130 valence electrons. The van der Waals surface area contributed by atoms with Gasteiger partial charge in [0.25, 0.3) is 5.91 Å². The summed E-state index contributed by atoms with van der Waals surface area (Å²) in [5, 5.41) is 11.5. The Labute approximate surface area is 149 Å². The summed E-state index contributed by atoms with van der Waals surface area (Å²) in [6.45, 7) is -0.365. The summed E-state index contributed by atoms with van der Waals surface area (Å²) in [4.78, 5) is 24.8. The number of ether oxygens (including phenoxy) is 3. The number of carbonyl (C=O) groups is 2. The van der Waals surface area contributed by atoms with E-state index in [1.54, 1.807) is 24.3 Å². The number of esters is 1. The first-order chi connectivity index (χ1) is 12.0. The molecule has 0 aromatic heterocycles. The number of nitrogens with one attached hydrogen (secondary N) is 1. The normalized spacial score (nSPS) is 14.9. The van der Waals surface area contributed by atoms with Gasteiger partial charge in [0.2, 0.25) is 0 Å². The van der Waals surface area contributed by atoms with Crippen molar-refractivity contribution in [2.24, 2.45) is 0 Å². The number of thiocarbonyl (C=S) groups is 1. The van der Waals surface area contributed by atoms with Crippen LogP contribution in [0.5, 0.6) is 11.5 Å². The zero-order chi connectivity index (χ0) is 18.4. The van der Waals surface area contributed by atoms with Crippen molar-refractivity contribution in [3.63, 3.8) is 0 Å². The van der Waals surface area contributed by atoms with Gasteiger partial charge in [0, 0.05) is 0 Å². The molecule has 0 aliphatic carbocycles. The van der Waals surface area contributed by atoms with E-state index in [0.29, 0.717) is 17.1 Å². The smallest absolute Gasteiger partial charge is 0.325 e. The number of benzene rings is 1. The van der Waals surface area contributed by atoms with Crippen LogP contribution < -0.4 is 14.8 Å². The lowest BCUT2D eigenvalue weighted by Gasteiger charge is -2.11. The van der Waals surface area contributed by atoms with Crippen molar-refractivity contribution >= 4 is 35.3 Å². The summed E-state index contributed by atoms with van der Waals surface area (Å²) in [5.74, 6) is -0.164. The van der Waals surface area contributed by atoms with Crippen LogP contribution in [0.25, 0.3) is 6.08 Å². The maximum Gasteiger partial charge on any atom is 0.325 e. The summed E-state index contributed by atoms with van der Waals surface area (Å²) >= 11 is 5.06. The van der Waals surface area contributed by atoms with Crippen LogP contribution in [0.1, 0.15) is 5.56 Å². The molecule has 1 aliphatic heterocycles. The van der Waals surface area contributed by atoms with Crippen molar-refractivity contribution in [1.82, 2.24) is 10.2 Å². The first-order valence-corrected chi connectivity index (χ1v) is 7.50. The molecule has 1 amide bonds. The van der Waals surface area contributed by atoms with E-state index in [9.17, 15) is 9.59 Å². The zero-order valence-corrected chi connectivity index (χ0v) is 14.4. The van der Waals surface area contributed by atoms with Gasteiger partial charge in [-0.2, -0.15) is 5.26 Å². The quantitative estimate of drug-likeness (QED) is 0.452. The van der Waals surface area contributed by atoms with Gasteiger partial charge in [-0.3, -0.25) is 14.5 Å². The molecule has 1 aromatic carbocycles. The van der Waals surface area contributed by atoms with Crippen molar-refractivity contribution in [3.05, 3.63) is 29.5 Å². The van der Waals surface area contributed by atoms with E-state index in [0.717, 1.165) is 4.90 Å². The Morgan fingerprint density at radius 2 is 2.16 bits per heavy atom. The van der Waals surface area contributed by atoms with E-state index in [1.165, 1.54) is 14.2 Å². The Kier molecular flexibility index (Phi) is 5.92. The van der Waals surface area contributed by atoms with Crippen LogP contribution in [0, 0.1) is 11.3 Å². The fourth-order valence-electron chi connectivity index (χ4n) is 2.08. The van der Waals surface area contributed by atoms with E-state index < -0.39 is 11.9 Å². The number of carbonyl (C=O) groups excluding carboxylic acids is 2. The largest absolute Gasteiger partial charge is 0.493 e. The first kappa shape index (κ1) is 18.2. The fraction of sp³-hybridized carbons (Fsp3) is 0.250. The highest BCUT2D eigenvalue weighted by atomic mass is 32.1. The van der Waals surface area contributed by atoms with E-state index in [1.807, 2.05) is 6.07 Å². The van der Waals surface area contributed by atoms with Gasteiger partial charge in [0.05, 0.1) is 14.2 Å². The molecule has 1 N–H and O–H groups in total. The van der Waals surface area contributed by atoms with Crippen LogP contribution in [-0.4, -0.2) is 49.3 Å². The molecular weight excluding hydrogens is 346 g/mol. The average Bonchev–Trinajstić information content (AvgIpc) is 2.87. The third-order valence-corrected chi connectivity index (χ3v) is 3.59. The van der Waals surface area contributed by atoms with Gasteiger partial charge in [0.1, 0.15) is 18.3 Å². The highest BCUT2D eigenvalue weighted by Crippen LogP contribution is 2.29. The molecule has 1 aliphatic rings. The number of hydrogen-bond donors (Lipinski definition) is 1. The molecule has 1 heterocycles. The second kappa shape index (κ2) is 8.12. The number of amides is 1. The van der Waals surface area contributed by atoms with Gasteiger partial charge < -0.3 is 19.5 Å². The molecule has 9 heteroatoms. The molecule has 0 bridgehead atoms. The van der Waals surface area contributed by atoms with Gasteiger partial charge in [-0.15, -0.1) is 0 Å². The minimum atomic E-state index is -0.570. The van der Waals surface area contributed by atoms with Crippen molar-refractivity contribution in [2.45, 2.75) is 0 Å². The lowest BCUT2D eigenvalue weighted by Crippen LogP contribution is -2.35. The van der Waals surface area contributed by atoms with Crippen LogP contribution in [0.3, 0.4) is 0 Å². The lowest BCUT2D eigenvalue weighted by molar-refractivity contribution is -0.143. The molecule has 0 unspecified atom stereocenters. The standard InChI is InChI=1S/C16H15N3O5S/c1-22-13-8-10(3-4-12(13)24-6-5-17)7-11-15(21)19(16(25)18-11)9-14(20)23-2/h3-4,7-8H,6,9H2,1-2H3,(H,18,25)/b11-7-. The van der Waals surface area contributed by atoms with Crippen molar-refractivity contribution < 1.29 is 23.8 Å². The third-order valence-electron chi connectivity index (χ3n) is 3.27. The Morgan fingerprint density at radius 3 is 2.80 bits per heavy atom. The van der Waals surface area contributed by atoms with Crippen LogP contribution in [0.4, 0.5) is 0 Å².